The fourth-order valence-corrected chi connectivity index (χ4v) is 4.81. The Bertz CT molecular complexity index is 517. The van der Waals surface area contributed by atoms with E-state index in [0.717, 1.165) is 4.90 Å². The van der Waals surface area contributed by atoms with Gasteiger partial charge in [0.25, 0.3) is 0 Å². The first-order valence-electron chi connectivity index (χ1n) is 5.98. The van der Waals surface area contributed by atoms with Crippen LogP contribution in [0.5, 0.6) is 0 Å². The van der Waals surface area contributed by atoms with Gasteiger partial charge >= 0.3 is 5.97 Å². The zero-order valence-corrected chi connectivity index (χ0v) is 12.0. The van der Waals surface area contributed by atoms with Crippen LogP contribution >= 0.6 is 0 Å². The normalized spacial score (nSPS) is 32.2. The molecule has 2 aliphatic rings. The van der Waals surface area contributed by atoms with E-state index in [1.165, 1.54) is 6.92 Å². The molecule has 7 heteroatoms. The van der Waals surface area contributed by atoms with Gasteiger partial charge in [-0.2, -0.15) is 0 Å². The van der Waals surface area contributed by atoms with Gasteiger partial charge in [-0.25, -0.2) is 4.79 Å². The molecule has 1 amide bonds. The molecule has 1 fully saturated rings. The van der Waals surface area contributed by atoms with Crippen LogP contribution in [-0.2, 0) is 20.4 Å². The average molecular weight is 287 g/mol. The fraction of sp³-hybridized carbons (Fsp3) is 0.667. The molecule has 4 atom stereocenters. The zero-order chi connectivity index (χ0) is 14.7. The van der Waals surface area contributed by atoms with E-state index < -0.39 is 45.5 Å². The third-order valence-electron chi connectivity index (χ3n) is 3.36. The van der Waals surface area contributed by atoms with Crippen LogP contribution < -0.4 is 0 Å². The lowest BCUT2D eigenvalue weighted by molar-refractivity contribution is -0.156. The summed E-state index contributed by atoms with van der Waals surface area (Å²) in [6, 6.07) is 0. The van der Waals surface area contributed by atoms with Crippen LogP contribution in [0.4, 0.5) is 0 Å². The van der Waals surface area contributed by atoms with Gasteiger partial charge in [-0.1, -0.05) is 20.8 Å². The number of carboxylic acid groups (broad SMARTS) is 1. The van der Waals surface area contributed by atoms with E-state index in [-0.39, 0.29) is 10.6 Å². The maximum Gasteiger partial charge on any atom is 0.353 e. The van der Waals surface area contributed by atoms with Crippen molar-refractivity contribution >= 4 is 22.7 Å². The number of aliphatic hydroxyl groups is 1. The third kappa shape index (κ3) is 1.83. The number of carboxylic acids is 1. The van der Waals surface area contributed by atoms with Gasteiger partial charge in [-0.3, -0.25) is 13.9 Å². The van der Waals surface area contributed by atoms with E-state index in [1.54, 1.807) is 20.8 Å². The topological polar surface area (TPSA) is 94.9 Å². The van der Waals surface area contributed by atoms with E-state index in [4.69, 9.17) is 0 Å². The average Bonchev–Trinajstić information content (AvgIpc) is 2.46. The highest BCUT2D eigenvalue weighted by Gasteiger charge is 2.62. The summed E-state index contributed by atoms with van der Waals surface area (Å²) >= 11 is 0. The van der Waals surface area contributed by atoms with E-state index in [2.05, 4.69) is 0 Å². The van der Waals surface area contributed by atoms with Gasteiger partial charge in [-0.05, 0) is 12.3 Å². The first-order chi connectivity index (χ1) is 8.59. The summed E-state index contributed by atoms with van der Waals surface area (Å²) < 4.78 is 12.5. The summed E-state index contributed by atoms with van der Waals surface area (Å²) in [6.45, 7) is 6.73. The molecule has 0 radical (unpaired) electrons. The number of fused-ring (bicyclic) bond motifs is 1. The summed E-state index contributed by atoms with van der Waals surface area (Å²) in [6.07, 6.45) is -0.938. The minimum atomic E-state index is -1.60. The summed E-state index contributed by atoms with van der Waals surface area (Å²) in [5, 5.41) is 18.1. The second kappa shape index (κ2) is 4.14. The number of allylic oxidation sites excluding steroid dienone is 1. The number of β-lactam (4-membered cyclic amide) rings is 1. The largest absolute Gasteiger partial charge is 0.477 e. The quantitative estimate of drug-likeness (QED) is 0.710. The first-order valence-corrected chi connectivity index (χ1v) is 7.20. The van der Waals surface area contributed by atoms with Gasteiger partial charge in [0.1, 0.15) is 11.1 Å². The summed E-state index contributed by atoms with van der Waals surface area (Å²) in [7, 11) is -1.60. The molecule has 1 unspecified atom stereocenters. The molecule has 0 bridgehead atoms. The molecule has 2 aliphatic heterocycles. The molecule has 106 valence electrons. The molecule has 2 rings (SSSR count). The molecule has 2 heterocycles. The summed E-state index contributed by atoms with van der Waals surface area (Å²) in [5.41, 5.74) is -0.794. The SMILES string of the molecule is C[C@@H](O)[C@H]1C(=O)N2C(C(=O)O)=C(C(C)(C)C)S(=O)[C@H]12. The Morgan fingerprint density at radius 1 is 1.42 bits per heavy atom. The number of aliphatic hydroxyl groups excluding tert-OH is 1. The van der Waals surface area contributed by atoms with E-state index in [9.17, 15) is 24.0 Å². The molecule has 0 spiro atoms. The Balaban J connectivity index is 2.53. The molecular formula is C12H17NO5S. The number of carbonyl (C=O) groups excluding carboxylic acids is 1. The van der Waals surface area contributed by atoms with E-state index in [0.29, 0.717) is 0 Å². The predicted octanol–water partition coefficient (Wildman–Crippen LogP) is 0.256. The lowest BCUT2D eigenvalue weighted by Crippen LogP contribution is -2.63. The predicted molar refractivity (Wildman–Crippen MR) is 68.1 cm³/mol. The highest BCUT2D eigenvalue weighted by molar-refractivity contribution is 7.90. The number of hydrogen-bond acceptors (Lipinski definition) is 4. The van der Waals surface area contributed by atoms with Crippen LogP contribution in [0.3, 0.4) is 0 Å². The van der Waals surface area contributed by atoms with Crippen LogP contribution in [0.1, 0.15) is 27.7 Å². The number of carbonyl (C=O) groups is 2. The Kier molecular flexibility index (Phi) is 3.10. The van der Waals surface area contributed by atoms with Gasteiger partial charge < -0.3 is 10.2 Å². The van der Waals surface area contributed by atoms with E-state index >= 15 is 0 Å². The Morgan fingerprint density at radius 3 is 2.32 bits per heavy atom. The Hall–Kier alpha value is -1.21. The molecule has 0 aromatic rings. The monoisotopic (exact) mass is 287 g/mol. The zero-order valence-electron chi connectivity index (χ0n) is 11.2. The van der Waals surface area contributed by atoms with Crippen molar-refractivity contribution in [1.29, 1.82) is 0 Å². The van der Waals surface area contributed by atoms with Crippen molar-refractivity contribution in [2.24, 2.45) is 11.3 Å². The van der Waals surface area contributed by atoms with Crippen molar-refractivity contribution < 1.29 is 24.0 Å². The Labute approximate surface area is 113 Å². The van der Waals surface area contributed by atoms with Crippen molar-refractivity contribution in [1.82, 2.24) is 4.90 Å². The van der Waals surface area contributed by atoms with Crippen LogP contribution in [0.2, 0.25) is 0 Å². The van der Waals surface area contributed by atoms with Crippen molar-refractivity contribution in [3.05, 3.63) is 10.6 Å². The minimum Gasteiger partial charge on any atom is -0.477 e. The third-order valence-corrected chi connectivity index (χ3v) is 5.52. The van der Waals surface area contributed by atoms with Gasteiger partial charge in [0.05, 0.1) is 27.7 Å². The second-order valence-corrected chi connectivity index (χ2v) is 7.38. The van der Waals surface area contributed by atoms with E-state index in [1.807, 2.05) is 0 Å². The smallest absolute Gasteiger partial charge is 0.353 e. The lowest BCUT2D eigenvalue weighted by Gasteiger charge is -2.43. The molecule has 2 N–H and O–H groups in total. The van der Waals surface area contributed by atoms with Crippen LogP contribution in [-0.4, -0.2) is 42.7 Å². The number of rotatable bonds is 2. The number of nitrogens with zero attached hydrogens (tertiary/aromatic N) is 1. The maximum atomic E-state index is 12.5. The molecule has 6 nitrogen and oxygen atoms in total. The summed E-state index contributed by atoms with van der Waals surface area (Å²) in [4.78, 5) is 24.7. The maximum absolute atomic E-state index is 12.5. The van der Waals surface area contributed by atoms with Gasteiger partial charge in [-0.15, -0.1) is 0 Å². The van der Waals surface area contributed by atoms with Crippen LogP contribution in [0.15, 0.2) is 10.6 Å². The molecular weight excluding hydrogens is 270 g/mol. The van der Waals surface area contributed by atoms with Crippen molar-refractivity contribution in [3.63, 3.8) is 0 Å². The van der Waals surface area contributed by atoms with Crippen molar-refractivity contribution in [2.75, 3.05) is 0 Å². The molecule has 0 aromatic carbocycles. The second-order valence-electron chi connectivity index (χ2n) is 5.90. The fourth-order valence-electron chi connectivity index (χ4n) is 2.58. The minimum absolute atomic E-state index is 0.183. The Morgan fingerprint density at radius 2 is 1.95 bits per heavy atom. The number of aliphatic carboxylic acids is 1. The molecule has 0 aliphatic carbocycles. The molecule has 19 heavy (non-hydrogen) atoms. The van der Waals surface area contributed by atoms with Crippen LogP contribution in [0, 0.1) is 11.3 Å². The highest BCUT2D eigenvalue weighted by Crippen LogP contribution is 2.48. The number of amides is 1. The van der Waals surface area contributed by atoms with Crippen molar-refractivity contribution in [3.8, 4) is 0 Å². The van der Waals surface area contributed by atoms with Gasteiger partial charge in [0.15, 0.2) is 0 Å². The standard InChI is InChI=1S/C12H17NO5S/c1-5(14)6-9(15)13-7(11(16)17)8(12(2,3)4)19(18)10(6)13/h5-6,10,14H,1-4H3,(H,16,17)/t5-,6+,10-,19?/m1/s1. The van der Waals surface area contributed by atoms with Crippen LogP contribution in [0.25, 0.3) is 0 Å². The highest BCUT2D eigenvalue weighted by atomic mass is 32.2. The summed E-state index contributed by atoms with van der Waals surface area (Å²) in [5.74, 6) is -2.50. The van der Waals surface area contributed by atoms with Gasteiger partial charge in [0, 0.05) is 0 Å². The molecule has 1 saturated heterocycles. The number of hydrogen-bond donors (Lipinski definition) is 2. The van der Waals surface area contributed by atoms with Crippen molar-refractivity contribution in [2.45, 2.75) is 39.2 Å². The molecule has 0 aromatic heterocycles. The first kappa shape index (κ1) is 14.2. The molecule has 0 saturated carbocycles. The van der Waals surface area contributed by atoms with Gasteiger partial charge in [0.2, 0.25) is 5.91 Å². The lowest BCUT2D eigenvalue weighted by atomic mass is 9.90.